The SMILES string of the molecule is Cc1cccc(C(c2cccc(OCc3ccccc3)c2)N2CCNCC2)c1. The molecule has 0 bridgehead atoms. The minimum atomic E-state index is 0.252. The van der Waals surface area contributed by atoms with Crippen molar-refractivity contribution in [3.63, 3.8) is 0 Å². The van der Waals surface area contributed by atoms with E-state index in [1.165, 1.54) is 22.3 Å². The normalized spacial score (nSPS) is 15.9. The van der Waals surface area contributed by atoms with Crippen LogP contribution in [0, 0.1) is 6.92 Å². The lowest BCUT2D eigenvalue weighted by atomic mass is 9.95. The van der Waals surface area contributed by atoms with Gasteiger partial charge in [0.05, 0.1) is 6.04 Å². The van der Waals surface area contributed by atoms with E-state index in [4.69, 9.17) is 4.74 Å². The second kappa shape index (κ2) is 9.05. The minimum absolute atomic E-state index is 0.252. The summed E-state index contributed by atoms with van der Waals surface area (Å²) in [4.78, 5) is 2.57. The summed E-state index contributed by atoms with van der Waals surface area (Å²) in [6, 6.07) is 28.1. The monoisotopic (exact) mass is 372 g/mol. The average molecular weight is 373 g/mol. The molecule has 0 saturated carbocycles. The molecule has 3 nitrogen and oxygen atoms in total. The van der Waals surface area contributed by atoms with Crippen LogP contribution in [0.2, 0.25) is 0 Å². The number of ether oxygens (including phenoxy) is 1. The molecule has 0 amide bonds. The van der Waals surface area contributed by atoms with E-state index in [0.717, 1.165) is 31.9 Å². The van der Waals surface area contributed by atoms with Crippen LogP contribution in [0.4, 0.5) is 0 Å². The Balaban J connectivity index is 1.60. The van der Waals surface area contributed by atoms with Crippen LogP contribution in [-0.4, -0.2) is 31.1 Å². The summed E-state index contributed by atoms with van der Waals surface area (Å²) >= 11 is 0. The number of rotatable bonds is 6. The van der Waals surface area contributed by atoms with Crippen molar-refractivity contribution in [1.82, 2.24) is 10.2 Å². The first-order valence-corrected chi connectivity index (χ1v) is 10.1. The maximum absolute atomic E-state index is 6.10. The van der Waals surface area contributed by atoms with Crippen molar-refractivity contribution < 1.29 is 4.74 Å². The van der Waals surface area contributed by atoms with Gasteiger partial charge in [0.15, 0.2) is 0 Å². The van der Waals surface area contributed by atoms with Crippen molar-refractivity contribution in [3.05, 3.63) is 101 Å². The van der Waals surface area contributed by atoms with Gasteiger partial charge in [0.25, 0.3) is 0 Å². The van der Waals surface area contributed by atoms with E-state index in [1.54, 1.807) is 0 Å². The summed E-state index contributed by atoms with van der Waals surface area (Å²) in [5.74, 6) is 0.925. The average Bonchev–Trinajstić information content (AvgIpc) is 2.74. The highest BCUT2D eigenvalue weighted by molar-refractivity contribution is 5.38. The topological polar surface area (TPSA) is 24.5 Å². The number of nitrogens with zero attached hydrogens (tertiary/aromatic N) is 1. The smallest absolute Gasteiger partial charge is 0.120 e. The third kappa shape index (κ3) is 4.61. The van der Waals surface area contributed by atoms with Gasteiger partial charge in [-0.3, -0.25) is 4.90 Å². The van der Waals surface area contributed by atoms with Crippen LogP contribution < -0.4 is 10.1 Å². The highest BCUT2D eigenvalue weighted by Crippen LogP contribution is 2.31. The highest BCUT2D eigenvalue weighted by atomic mass is 16.5. The summed E-state index contributed by atoms with van der Waals surface area (Å²) in [6.07, 6.45) is 0. The molecule has 1 atom stereocenters. The second-order valence-corrected chi connectivity index (χ2v) is 7.45. The van der Waals surface area contributed by atoms with Gasteiger partial charge in [-0.25, -0.2) is 0 Å². The Labute approximate surface area is 168 Å². The molecule has 3 aromatic rings. The molecule has 1 heterocycles. The van der Waals surface area contributed by atoms with Crippen molar-refractivity contribution in [2.24, 2.45) is 0 Å². The van der Waals surface area contributed by atoms with Crippen molar-refractivity contribution >= 4 is 0 Å². The Morgan fingerprint density at radius 2 is 1.57 bits per heavy atom. The summed E-state index contributed by atoms with van der Waals surface area (Å²) in [6.45, 7) is 6.92. The van der Waals surface area contributed by atoms with E-state index in [1.807, 2.05) is 18.2 Å². The van der Waals surface area contributed by atoms with Gasteiger partial charge in [-0.05, 0) is 35.7 Å². The fraction of sp³-hybridized carbons (Fsp3) is 0.280. The zero-order valence-electron chi connectivity index (χ0n) is 16.5. The molecular formula is C25H28N2O. The van der Waals surface area contributed by atoms with Gasteiger partial charge in [0.1, 0.15) is 12.4 Å². The van der Waals surface area contributed by atoms with Crippen LogP contribution in [0.5, 0.6) is 5.75 Å². The standard InChI is InChI=1S/C25H28N2O/c1-20-7-5-10-22(17-20)25(27-15-13-26-14-16-27)23-11-6-12-24(18-23)28-19-21-8-3-2-4-9-21/h2-12,17-18,25-26H,13-16,19H2,1H3. The number of aryl methyl sites for hydroxylation is 1. The molecule has 0 aliphatic carbocycles. The van der Waals surface area contributed by atoms with Crippen LogP contribution in [0.15, 0.2) is 78.9 Å². The molecule has 28 heavy (non-hydrogen) atoms. The summed E-state index contributed by atoms with van der Waals surface area (Å²) in [5.41, 5.74) is 5.12. The maximum Gasteiger partial charge on any atom is 0.120 e. The van der Waals surface area contributed by atoms with Gasteiger partial charge in [-0.15, -0.1) is 0 Å². The molecule has 3 aromatic carbocycles. The fourth-order valence-corrected chi connectivity index (χ4v) is 3.91. The van der Waals surface area contributed by atoms with Gasteiger partial charge >= 0.3 is 0 Å². The summed E-state index contributed by atoms with van der Waals surface area (Å²) < 4.78 is 6.10. The first-order chi connectivity index (χ1) is 13.8. The predicted octanol–water partition coefficient (Wildman–Crippen LogP) is 4.57. The van der Waals surface area contributed by atoms with E-state index in [9.17, 15) is 0 Å². The Hall–Kier alpha value is -2.62. The maximum atomic E-state index is 6.10. The predicted molar refractivity (Wildman–Crippen MR) is 115 cm³/mol. The van der Waals surface area contributed by atoms with Crippen LogP contribution in [-0.2, 0) is 6.61 Å². The number of hydrogen-bond acceptors (Lipinski definition) is 3. The number of piperazine rings is 1. The van der Waals surface area contributed by atoms with Gasteiger partial charge in [-0.1, -0.05) is 72.3 Å². The van der Waals surface area contributed by atoms with E-state index >= 15 is 0 Å². The van der Waals surface area contributed by atoms with E-state index in [2.05, 4.69) is 77.8 Å². The first-order valence-electron chi connectivity index (χ1n) is 10.1. The fourth-order valence-electron chi connectivity index (χ4n) is 3.91. The molecule has 0 radical (unpaired) electrons. The second-order valence-electron chi connectivity index (χ2n) is 7.45. The zero-order valence-corrected chi connectivity index (χ0v) is 16.5. The first kappa shape index (κ1) is 18.7. The van der Waals surface area contributed by atoms with Crippen molar-refractivity contribution in [2.75, 3.05) is 26.2 Å². The Morgan fingerprint density at radius 3 is 2.32 bits per heavy atom. The molecule has 1 unspecified atom stereocenters. The Bertz CT molecular complexity index is 888. The van der Waals surface area contributed by atoms with E-state index in [0.29, 0.717) is 6.61 Å². The van der Waals surface area contributed by atoms with Gasteiger partial charge in [0, 0.05) is 26.2 Å². The summed E-state index contributed by atoms with van der Waals surface area (Å²) in [7, 11) is 0. The third-order valence-electron chi connectivity index (χ3n) is 5.30. The molecule has 3 heteroatoms. The molecule has 1 fully saturated rings. The summed E-state index contributed by atoms with van der Waals surface area (Å²) in [5, 5.41) is 3.47. The minimum Gasteiger partial charge on any atom is -0.489 e. The quantitative estimate of drug-likeness (QED) is 0.686. The molecule has 0 spiro atoms. The van der Waals surface area contributed by atoms with Crippen LogP contribution in [0.25, 0.3) is 0 Å². The van der Waals surface area contributed by atoms with Crippen molar-refractivity contribution in [3.8, 4) is 5.75 Å². The molecular weight excluding hydrogens is 344 g/mol. The number of benzene rings is 3. The van der Waals surface area contributed by atoms with Crippen molar-refractivity contribution in [1.29, 1.82) is 0 Å². The lowest BCUT2D eigenvalue weighted by molar-refractivity contribution is 0.198. The lowest BCUT2D eigenvalue weighted by Crippen LogP contribution is -2.45. The van der Waals surface area contributed by atoms with E-state index in [-0.39, 0.29) is 6.04 Å². The molecule has 0 aromatic heterocycles. The molecule has 1 saturated heterocycles. The number of hydrogen-bond donors (Lipinski definition) is 1. The third-order valence-corrected chi connectivity index (χ3v) is 5.30. The molecule has 1 aliphatic heterocycles. The molecule has 1 aliphatic rings. The van der Waals surface area contributed by atoms with Crippen LogP contribution in [0.1, 0.15) is 28.3 Å². The molecule has 144 valence electrons. The molecule has 1 N–H and O–H groups in total. The van der Waals surface area contributed by atoms with Crippen LogP contribution >= 0.6 is 0 Å². The molecule has 4 rings (SSSR count). The Morgan fingerprint density at radius 1 is 0.857 bits per heavy atom. The van der Waals surface area contributed by atoms with Gasteiger partial charge < -0.3 is 10.1 Å². The zero-order chi connectivity index (χ0) is 19.2. The van der Waals surface area contributed by atoms with E-state index < -0.39 is 0 Å². The Kier molecular flexibility index (Phi) is 6.05. The van der Waals surface area contributed by atoms with Crippen LogP contribution in [0.3, 0.4) is 0 Å². The lowest BCUT2D eigenvalue weighted by Gasteiger charge is -2.35. The van der Waals surface area contributed by atoms with Crippen molar-refractivity contribution in [2.45, 2.75) is 19.6 Å². The van der Waals surface area contributed by atoms with Gasteiger partial charge in [-0.2, -0.15) is 0 Å². The highest BCUT2D eigenvalue weighted by Gasteiger charge is 2.24. The largest absolute Gasteiger partial charge is 0.489 e. The number of nitrogens with one attached hydrogen (secondary N) is 1. The van der Waals surface area contributed by atoms with Gasteiger partial charge in [0.2, 0.25) is 0 Å².